The summed E-state index contributed by atoms with van der Waals surface area (Å²) >= 11 is 0. The molecular formula is C17H27N3O2. The van der Waals surface area contributed by atoms with E-state index in [1.54, 1.807) is 6.20 Å². The van der Waals surface area contributed by atoms with Gasteiger partial charge in [0.05, 0.1) is 24.4 Å². The lowest BCUT2D eigenvalue weighted by atomic mass is 9.85. The average Bonchev–Trinajstić information content (AvgIpc) is 3.20. The van der Waals surface area contributed by atoms with E-state index in [0.29, 0.717) is 11.6 Å². The van der Waals surface area contributed by atoms with E-state index in [1.165, 1.54) is 12.8 Å². The van der Waals surface area contributed by atoms with Crippen LogP contribution in [-0.4, -0.2) is 33.4 Å². The van der Waals surface area contributed by atoms with Crippen molar-refractivity contribution in [3.05, 3.63) is 17.5 Å². The van der Waals surface area contributed by atoms with Gasteiger partial charge in [-0.05, 0) is 32.6 Å². The maximum Gasteiger partial charge on any atom is 0.254 e. The lowest BCUT2D eigenvalue weighted by Crippen LogP contribution is -2.44. The molecule has 2 aliphatic rings. The van der Waals surface area contributed by atoms with E-state index >= 15 is 0 Å². The molecule has 5 nitrogen and oxygen atoms in total. The van der Waals surface area contributed by atoms with Gasteiger partial charge in [-0.3, -0.25) is 9.48 Å². The predicted molar refractivity (Wildman–Crippen MR) is 84.8 cm³/mol. The van der Waals surface area contributed by atoms with Crippen molar-refractivity contribution in [1.82, 2.24) is 15.1 Å². The first kappa shape index (κ1) is 15.5. The summed E-state index contributed by atoms with van der Waals surface area (Å²) in [5.41, 5.74) is 1.46. The maximum atomic E-state index is 12.6. The molecule has 5 heteroatoms. The zero-order valence-electron chi connectivity index (χ0n) is 13.6. The van der Waals surface area contributed by atoms with Gasteiger partial charge in [0, 0.05) is 17.2 Å². The number of carbonyl (C=O) groups excluding carboxylic acids is 1. The maximum absolute atomic E-state index is 12.6. The summed E-state index contributed by atoms with van der Waals surface area (Å²) in [7, 11) is 0. The van der Waals surface area contributed by atoms with Gasteiger partial charge in [0.2, 0.25) is 0 Å². The highest BCUT2D eigenvalue weighted by Crippen LogP contribution is 2.37. The monoisotopic (exact) mass is 305 g/mol. The molecule has 2 atom stereocenters. The number of nitrogens with one attached hydrogen (secondary N) is 1. The van der Waals surface area contributed by atoms with E-state index in [9.17, 15) is 9.90 Å². The Labute approximate surface area is 132 Å². The molecule has 122 valence electrons. The fourth-order valence-electron chi connectivity index (χ4n) is 4.07. The van der Waals surface area contributed by atoms with Crippen molar-refractivity contribution < 1.29 is 9.90 Å². The molecule has 0 bridgehead atoms. The van der Waals surface area contributed by atoms with E-state index < -0.39 is 0 Å². The number of rotatable bonds is 4. The van der Waals surface area contributed by atoms with Crippen LogP contribution in [0.15, 0.2) is 6.20 Å². The van der Waals surface area contributed by atoms with Crippen LogP contribution >= 0.6 is 0 Å². The van der Waals surface area contributed by atoms with Crippen LogP contribution in [0.4, 0.5) is 0 Å². The Hall–Kier alpha value is -1.36. The highest BCUT2D eigenvalue weighted by Gasteiger charge is 2.39. The molecule has 2 unspecified atom stereocenters. The Morgan fingerprint density at radius 1 is 1.41 bits per heavy atom. The first-order valence-corrected chi connectivity index (χ1v) is 8.51. The fraction of sp³-hybridized carbons (Fsp3) is 0.765. The molecule has 0 aromatic carbocycles. The molecule has 0 spiro atoms. The number of aliphatic hydroxyl groups is 1. The lowest BCUT2D eigenvalue weighted by molar-refractivity contribution is 0.0830. The minimum absolute atomic E-state index is 0.0479. The molecule has 22 heavy (non-hydrogen) atoms. The first-order valence-electron chi connectivity index (χ1n) is 8.51. The smallest absolute Gasteiger partial charge is 0.254 e. The van der Waals surface area contributed by atoms with Crippen LogP contribution in [0.5, 0.6) is 0 Å². The Bertz CT molecular complexity index is 548. The van der Waals surface area contributed by atoms with Crippen molar-refractivity contribution in [3.63, 3.8) is 0 Å². The summed E-state index contributed by atoms with van der Waals surface area (Å²) in [6.07, 6.45) is 9.50. The van der Waals surface area contributed by atoms with Crippen molar-refractivity contribution >= 4 is 5.91 Å². The topological polar surface area (TPSA) is 67.2 Å². The van der Waals surface area contributed by atoms with Crippen molar-refractivity contribution in [2.75, 3.05) is 6.61 Å². The summed E-state index contributed by atoms with van der Waals surface area (Å²) in [5.74, 6) is -0.0479. The number of carbonyl (C=O) groups is 1. The molecule has 1 heterocycles. The van der Waals surface area contributed by atoms with Crippen LogP contribution in [0.3, 0.4) is 0 Å². The third kappa shape index (κ3) is 2.67. The van der Waals surface area contributed by atoms with Crippen molar-refractivity contribution in [3.8, 4) is 0 Å². The average molecular weight is 305 g/mol. The molecular weight excluding hydrogens is 278 g/mol. The van der Waals surface area contributed by atoms with Gasteiger partial charge in [-0.15, -0.1) is 0 Å². The van der Waals surface area contributed by atoms with Crippen LogP contribution < -0.4 is 5.32 Å². The van der Waals surface area contributed by atoms with Crippen molar-refractivity contribution in [2.45, 2.75) is 70.9 Å². The van der Waals surface area contributed by atoms with Gasteiger partial charge in [0.1, 0.15) is 0 Å². The zero-order valence-corrected chi connectivity index (χ0v) is 13.6. The molecule has 3 rings (SSSR count). The molecule has 2 saturated carbocycles. The summed E-state index contributed by atoms with van der Waals surface area (Å²) < 4.78 is 2.03. The van der Waals surface area contributed by atoms with Crippen LogP contribution in [-0.2, 0) is 0 Å². The third-order valence-corrected chi connectivity index (χ3v) is 5.71. The molecule has 1 amide bonds. The van der Waals surface area contributed by atoms with Crippen LogP contribution in [0.2, 0.25) is 0 Å². The highest BCUT2D eigenvalue weighted by atomic mass is 16.3. The zero-order chi connectivity index (χ0) is 15.7. The molecule has 2 aliphatic carbocycles. The Morgan fingerprint density at radius 3 is 2.82 bits per heavy atom. The molecule has 0 radical (unpaired) electrons. The second-order valence-electron chi connectivity index (χ2n) is 7.26. The van der Waals surface area contributed by atoms with Crippen LogP contribution in [0, 0.1) is 12.3 Å². The van der Waals surface area contributed by atoms with E-state index in [4.69, 9.17) is 0 Å². The Morgan fingerprint density at radius 2 is 2.14 bits per heavy atom. The van der Waals surface area contributed by atoms with Gasteiger partial charge < -0.3 is 10.4 Å². The van der Waals surface area contributed by atoms with E-state index in [1.807, 2.05) is 11.6 Å². The number of amides is 1. The molecule has 0 aliphatic heterocycles. The molecule has 2 N–H and O–H groups in total. The first-order chi connectivity index (χ1) is 10.5. The van der Waals surface area contributed by atoms with Gasteiger partial charge in [0.15, 0.2) is 0 Å². The summed E-state index contributed by atoms with van der Waals surface area (Å²) in [4.78, 5) is 12.6. The standard InChI is InChI=1S/C17H27N3O2/c1-12-14(10-18-20(12)13-6-3-4-7-13)16(22)19-15-8-5-9-17(15,2)11-21/h10,13,15,21H,3-9,11H2,1-2H3,(H,19,22). The summed E-state index contributed by atoms with van der Waals surface area (Å²) in [6.45, 7) is 4.16. The largest absolute Gasteiger partial charge is 0.396 e. The van der Waals surface area contributed by atoms with Gasteiger partial charge in [-0.25, -0.2) is 0 Å². The molecule has 1 aromatic heterocycles. The number of nitrogens with zero attached hydrogens (tertiary/aromatic N) is 2. The number of hydrogen-bond donors (Lipinski definition) is 2. The van der Waals surface area contributed by atoms with Gasteiger partial charge in [0.25, 0.3) is 5.91 Å². The third-order valence-electron chi connectivity index (χ3n) is 5.71. The lowest BCUT2D eigenvalue weighted by Gasteiger charge is -2.30. The Balaban J connectivity index is 1.73. The fourth-order valence-corrected chi connectivity index (χ4v) is 4.07. The SMILES string of the molecule is Cc1c(C(=O)NC2CCCC2(C)CO)cnn1C1CCCC1. The normalized spacial score (nSPS) is 29.1. The predicted octanol–water partition coefficient (Wildman–Crippen LogP) is 2.59. The Kier molecular flexibility index (Phi) is 4.26. The highest BCUT2D eigenvalue weighted by molar-refractivity contribution is 5.95. The van der Waals surface area contributed by atoms with E-state index in [-0.39, 0.29) is 24.0 Å². The number of hydrogen-bond acceptors (Lipinski definition) is 3. The van der Waals surface area contributed by atoms with Crippen LogP contribution in [0.25, 0.3) is 0 Å². The molecule has 0 saturated heterocycles. The minimum Gasteiger partial charge on any atom is -0.396 e. The van der Waals surface area contributed by atoms with Gasteiger partial charge in [-0.2, -0.15) is 5.10 Å². The second kappa shape index (κ2) is 6.03. The van der Waals surface area contributed by atoms with Crippen LogP contribution in [0.1, 0.15) is 74.0 Å². The van der Waals surface area contributed by atoms with E-state index in [0.717, 1.165) is 37.8 Å². The van der Waals surface area contributed by atoms with E-state index in [2.05, 4.69) is 17.3 Å². The molecule has 2 fully saturated rings. The number of aliphatic hydroxyl groups excluding tert-OH is 1. The van der Waals surface area contributed by atoms with Crippen molar-refractivity contribution in [1.29, 1.82) is 0 Å². The van der Waals surface area contributed by atoms with Crippen molar-refractivity contribution in [2.24, 2.45) is 5.41 Å². The quantitative estimate of drug-likeness (QED) is 0.898. The van der Waals surface area contributed by atoms with Gasteiger partial charge >= 0.3 is 0 Å². The summed E-state index contributed by atoms with van der Waals surface area (Å²) in [5, 5.41) is 17.2. The van der Waals surface area contributed by atoms with Gasteiger partial charge in [-0.1, -0.05) is 26.2 Å². The number of aromatic nitrogens is 2. The second-order valence-corrected chi connectivity index (χ2v) is 7.26. The molecule has 1 aromatic rings. The minimum atomic E-state index is -0.189. The summed E-state index contributed by atoms with van der Waals surface area (Å²) in [6, 6.07) is 0.509.